The van der Waals surface area contributed by atoms with Crippen molar-refractivity contribution in [1.82, 2.24) is 4.57 Å². The van der Waals surface area contributed by atoms with Gasteiger partial charge in [0, 0.05) is 16.3 Å². The lowest BCUT2D eigenvalue weighted by Gasteiger charge is -2.09. The molecule has 0 saturated carbocycles. The molecule has 33 heavy (non-hydrogen) atoms. The van der Waals surface area contributed by atoms with Gasteiger partial charge in [-0.05, 0) is 67.1 Å². The van der Waals surface area contributed by atoms with Crippen molar-refractivity contribution in [2.45, 2.75) is 18.4 Å². The van der Waals surface area contributed by atoms with Crippen LogP contribution >= 0.6 is 22.9 Å². The van der Waals surface area contributed by atoms with E-state index in [0.717, 1.165) is 15.8 Å². The molecule has 0 aliphatic carbocycles. The van der Waals surface area contributed by atoms with Crippen molar-refractivity contribution in [1.29, 1.82) is 0 Å². The van der Waals surface area contributed by atoms with Crippen molar-refractivity contribution in [2.75, 3.05) is 4.72 Å². The summed E-state index contributed by atoms with van der Waals surface area (Å²) in [5, 5.41) is 0.432. The number of anilines is 1. The van der Waals surface area contributed by atoms with Gasteiger partial charge in [0.25, 0.3) is 15.9 Å². The van der Waals surface area contributed by atoms with Gasteiger partial charge in [0.05, 0.1) is 21.7 Å². The summed E-state index contributed by atoms with van der Waals surface area (Å²) in [4.78, 5) is 17.7. The lowest BCUT2D eigenvalue weighted by molar-refractivity contribution is 0.0998. The van der Waals surface area contributed by atoms with Crippen molar-refractivity contribution in [3.05, 3.63) is 87.7 Å². The quantitative estimate of drug-likeness (QED) is 0.402. The lowest BCUT2D eigenvalue weighted by atomic mass is 10.2. The third-order valence-corrected chi connectivity index (χ3v) is 7.46. The van der Waals surface area contributed by atoms with E-state index in [4.69, 9.17) is 18.0 Å². The highest BCUT2D eigenvalue weighted by atomic mass is 35.5. The predicted octanol–water partition coefficient (Wildman–Crippen LogP) is 4.84. The number of benzene rings is 3. The Balaban J connectivity index is 1.67. The first-order chi connectivity index (χ1) is 15.8. The largest absolute Gasteiger partial charge is 0.305 e. The van der Waals surface area contributed by atoms with Crippen molar-refractivity contribution in [2.24, 2.45) is 4.99 Å². The first kappa shape index (κ1) is 22.8. The minimum atomic E-state index is -3.84. The third kappa shape index (κ3) is 5.01. The molecule has 3 aromatic carbocycles. The number of hydrogen-bond acceptors (Lipinski definition) is 4. The van der Waals surface area contributed by atoms with Crippen LogP contribution in [0.25, 0.3) is 10.2 Å². The summed E-state index contributed by atoms with van der Waals surface area (Å²) >= 11 is 7.20. The molecule has 0 aliphatic rings. The van der Waals surface area contributed by atoms with E-state index in [-0.39, 0.29) is 22.7 Å². The second-order valence-corrected chi connectivity index (χ2v) is 10.3. The highest BCUT2D eigenvalue weighted by Gasteiger charge is 2.15. The van der Waals surface area contributed by atoms with Crippen LogP contribution < -0.4 is 9.52 Å². The first-order valence-corrected chi connectivity index (χ1v) is 12.5. The topological polar surface area (TPSA) is 80.5 Å². The molecule has 9 heteroatoms. The maximum absolute atomic E-state index is 12.9. The number of amides is 1. The molecule has 0 atom stereocenters. The molecule has 1 amide bonds. The molecule has 1 heterocycles. The maximum atomic E-state index is 12.9. The number of halogens is 1. The van der Waals surface area contributed by atoms with Crippen molar-refractivity contribution < 1.29 is 13.2 Å². The van der Waals surface area contributed by atoms with Gasteiger partial charge < -0.3 is 4.57 Å². The fourth-order valence-corrected chi connectivity index (χ4v) is 5.51. The molecule has 4 aromatic rings. The van der Waals surface area contributed by atoms with Crippen molar-refractivity contribution in [3.63, 3.8) is 0 Å². The van der Waals surface area contributed by atoms with E-state index < -0.39 is 15.9 Å². The Labute approximate surface area is 200 Å². The molecule has 6 nitrogen and oxygen atoms in total. The van der Waals surface area contributed by atoms with Gasteiger partial charge in [0.2, 0.25) is 0 Å². The summed E-state index contributed by atoms with van der Waals surface area (Å²) in [6, 6.07) is 17.9. The summed E-state index contributed by atoms with van der Waals surface area (Å²) in [5.41, 5.74) is 2.48. The molecule has 0 fully saturated rings. The molecule has 4 rings (SSSR count). The molecule has 0 radical (unpaired) electrons. The van der Waals surface area contributed by atoms with Crippen LogP contribution in [0.4, 0.5) is 5.69 Å². The Hall–Kier alpha value is -3.38. The number of carbonyl (C=O) groups excluding carboxylic acids is 1. The number of aryl methyl sites for hydroxylation is 1. The zero-order chi connectivity index (χ0) is 23.6. The second kappa shape index (κ2) is 9.24. The van der Waals surface area contributed by atoms with Crippen LogP contribution in [0, 0.1) is 19.3 Å². The smallest absolute Gasteiger partial charge is 0.279 e. The molecule has 166 valence electrons. The minimum Gasteiger partial charge on any atom is -0.305 e. The third-order valence-electron chi connectivity index (χ3n) is 4.77. The van der Waals surface area contributed by atoms with Crippen LogP contribution in [0.15, 0.2) is 76.6 Å². The van der Waals surface area contributed by atoms with Crippen LogP contribution in [0.1, 0.15) is 15.9 Å². The number of terminal acetylenes is 1. The number of thiazole rings is 1. The Bertz CT molecular complexity index is 1580. The Kier molecular flexibility index (Phi) is 6.38. The summed E-state index contributed by atoms with van der Waals surface area (Å²) in [6.07, 6.45) is 5.52. The number of rotatable bonds is 5. The van der Waals surface area contributed by atoms with Crippen LogP contribution in [0.3, 0.4) is 0 Å². The fraction of sp³-hybridized carbons (Fsp3) is 0.0833. The fourth-order valence-electron chi connectivity index (χ4n) is 3.20. The summed E-state index contributed by atoms with van der Waals surface area (Å²) in [7, 11) is -3.84. The standard InChI is InChI=1S/C24H18ClN3O3S2/c1-3-13-28-21-12-7-16(2)14-22(21)32-24(28)26-23(29)17-5-4-6-19(15-17)27-33(30,31)20-10-8-18(25)9-11-20/h1,4-12,14-15,27H,13H2,2H3. The van der Waals surface area contributed by atoms with Gasteiger partial charge in [0.1, 0.15) is 0 Å². The zero-order valence-electron chi connectivity index (χ0n) is 17.4. The lowest BCUT2D eigenvalue weighted by Crippen LogP contribution is -2.17. The van der Waals surface area contributed by atoms with Gasteiger partial charge in [-0.25, -0.2) is 8.42 Å². The first-order valence-electron chi connectivity index (χ1n) is 9.78. The van der Waals surface area contributed by atoms with Crippen LogP contribution in [0.2, 0.25) is 5.02 Å². The number of sulfonamides is 1. The maximum Gasteiger partial charge on any atom is 0.279 e. The van der Waals surface area contributed by atoms with E-state index in [0.29, 0.717) is 9.82 Å². The number of fused-ring (bicyclic) bond motifs is 1. The summed E-state index contributed by atoms with van der Waals surface area (Å²) in [5.74, 6) is 2.09. The van der Waals surface area contributed by atoms with Gasteiger partial charge in [-0.15, -0.1) is 6.42 Å². The number of carbonyl (C=O) groups is 1. The predicted molar refractivity (Wildman–Crippen MR) is 132 cm³/mol. The highest BCUT2D eigenvalue weighted by Crippen LogP contribution is 2.21. The number of nitrogens with one attached hydrogen (secondary N) is 1. The van der Waals surface area contributed by atoms with E-state index in [1.54, 1.807) is 18.2 Å². The minimum absolute atomic E-state index is 0.0595. The van der Waals surface area contributed by atoms with E-state index in [1.807, 2.05) is 29.7 Å². The average Bonchev–Trinajstić information content (AvgIpc) is 3.10. The molecule has 1 aromatic heterocycles. The Morgan fingerprint density at radius 1 is 1.15 bits per heavy atom. The van der Waals surface area contributed by atoms with Gasteiger partial charge in [-0.2, -0.15) is 4.99 Å². The van der Waals surface area contributed by atoms with Crippen LogP contribution in [0.5, 0.6) is 0 Å². The van der Waals surface area contributed by atoms with E-state index in [2.05, 4.69) is 15.6 Å². The van der Waals surface area contributed by atoms with Gasteiger partial charge in [-0.3, -0.25) is 9.52 Å². The highest BCUT2D eigenvalue weighted by molar-refractivity contribution is 7.92. The molecule has 0 bridgehead atoms. The summed E-state index contributed by atoms with van der Waals surface area (Å²) < 4.78 is 30.6. The molecular weight excluding hydrogens is 478 g/mol. The molecule has 0 saturated heterocycles. The zero-order valence-corrected chi connectivity index (χ0v) is 19.8. The Morgan fingerprint density at radius 2 is 1.91 bits per heavy atom. The molecule has 1 N–H and O–H groups in total. The van der Waals surface area contributed by atoms with Crippen molar-refractivity contribution in [3.8, 4) is 12.3 Å². The van der Waals surface area contributed by atoms with Gasteiger partial charge >= 0.3 is 0 Å². The summed E-state index contributed by atoms with van der Waals surface area (Å²) in [6.45, 7) is 2.26. The van der Waals surface area contributed by atoms with E-state index in [1.165, 1.54) is 41.7 Å². The van der Waals surface area contributed by atoms with Gasteiger partial charge in [0.15, 0.2) is 4.80 Å². The normalized spacial score (nSPS) is 12.0. The second-order valence-electron chi connectivity index (χ2n) is 7.20. The van der Waals surface area contributed by atoms with Crippen LogP contribution in [-0.4, -0.2) is 18.9 Å². The van der Waals surface area contributed by atoms with Crippen LogP contribution in [-0.2, 0) is 16.6 Å². The average molecular weight is 496 g/mol. The SMILES string of the molecule is C#CCn1c(=NC(=O)c2cccc(NS(=O)(=O)c3ccc(Cl)cc3)c2)sc2cc(C)ccc21. The number of aromatic nitrogens is 1. The van der Waals surface area contributed by atoms with Crippen molar-refractivity contribution >= 4 is 54.8 Å². The number of nitrogens with zero attached hydrogens (tertiary/aromatic N) is 2. The number of hydrogen-bond donors (Lipinski definition) is 1. The Morgan fingerprint density at radius 3 is 2.64 bits per heavy atom. The molecular formula is C24H18ClN3O3S2. The van der Waals surface area contributed by atoms with E-state index in [9.17, 15) is 13.2 Å². The molecule has 0 spiro atoms. The van der Waals surface area contributed by atoms with Gasteiger partial charge in [-0.1, -0.05) is 41.0 Å². The monoisotopic (exact) mass is 495 g/mol. The molecule has 0 aliphatic heterocycles. The molecule has 0 unspecified atom stereocenters. The van der Waals surface area contributed by atoms with E-state index >= 15 is 0 Å².